The first-order valence-corrected chi connectivity index (χ1v) is 13.0. The minimum absolute atomic E-state index is 0.323. The number of rotatable bonds is 7. The summed E-state index contributed by atoms with van der Waals surface area (Å²) in [4.78, 5) is 27.1. The van der Waals surface area contributed by atoms with Gasteiger partial charge in [0, 0.05) is 0 Å². The Morgan fingerprint density at radius 2 is 1.67 bits per heavy atom. The third-order valence-corrected chi connectivity index (χ3v) is 7.15. The Bertz CT molecular complexity index is 1480. The highest BCUT2D eigenvalue weighted by atomic mass is 79.9. The first-order chi connectivity index (χ1) is 17.5. The minimum atomic E-state index is -0.346. The number of hydrogen-bond acceptors (Lipinski definition) is 5. The van der Waals surface area contributed by atoms with Crippen LogP contribution in [0.15, 0.2) is 94.3 Å². The van der Waals surface area contributed by atoms with E-state index in [-0.39, 0.29) is 11.1 Å². The van der Waals surface area contributed by atoms with Crippen LogP contribution in [0, 0.1) is 0 Å². The van der Waals surface area contributed by atoms with Crippen LogP contribution >= 0.6 is 27.7 Å². The van der Waals surface area contributed by atoms with Gasteiger partial charge < -0.3 is 9.47 Å². The number of anilines is 1. The maximum atomic E-state index is 13.0. The summed E-state index contributed by atoms with van der Waals surface area (Å²) in [7, 11) is 0. The van der Waals surface area contributed by atoms with Gasteiger partial charge in [0.05, 0.1) is 21.7 Å². The quantitative estimate of drug-likeness (QED) is 0.216. The molecule has 0 radical (unpaired) electrons. The first-order valence-electron chi connectivity index (χ1n) is 11.4. The fourth-order valence-electron chi connectivity index (χ4n) is 4.06. The van der Waals surface area contributed by atoms with E-state index < -0.39 is 0 Å². The van der Waals surface area contributed by atoms with E-state index in [1.165, 1.54) is 4.90 Å². The predicted octanol–water partition coefficient (Wildman–Crippen LogP) is 7.82. The number of imide groups is 1. The Balaban J connectivity index is 1.42. The second-order valence-electron chi connectivity index (χ2n) is 8.04. The summed E-state index contributed by atoms with van der Waals surface area (Å²) < 4.78 is 12.8. The lowest BCUT2D eigenvalue weighted by Crippen LogP contribution is -2.27. The molecule has 5 rings (SSSR count). The minimum Gasteiger partial charge on any atom is -0.490 e. The summed E-state index contributed by atoms with van der Waals surface area (Å²) in [6.07, 6.45) is 1.70. The van der Waals surface area contributed by atoms with E-state index in [4.69, 9.17) is 9.47 Å². The molecule has 0 unspecified atom stereocenters. The predicted molar refractivity (Wildman–Crippen MR) is 148 cm³/mol. The van der Waals surface area contributed by atoms with E-state index in [0.29, 0.717) is 39.8 Å². The maximum Gasteiger partial charge on any atom is 0.298 e. The molecule has 5 nitrogen and oxygen atoms in total. The summed E-state index contributed by atoms with van der Waals surface area (Å²) in [5.41, 5.74) is 2.35. The van der Waals surface area contributed by atoms with Crippen molar-refractivity contribution in [3.05, 3.63) is 105 Å². The van der Waals surface area contributed by atoms with Gasteiger partial charge >= 0.3 is 0 Å². The number of nitrogens with zero attached hydrogens (tertiary/aromatic N) is 1. The van der Waals surface area contributed by atoms with E-state index in [9.17, 15) is 9.59 Å². The van der Waals surface area contributed by atoms with Gasteiger partial charge in [0.1, 0.15) is 6.61 Å². The van der Waals surface area contributed by atoms with Crippen LogP contribution in [0.3, 0.4) is 0 Å². The molecule has 0 N–H and O–H groups in total. The van der Waals surface area contributed by atoms with Crippen molar-refractivity contribution in [1.29, 1.82) is 0 Å². The molecule has 0 aromatic heterocycles. The molecule has 36 heavy (non-hydrogen) atoms. The van der Waals surface area contributed by atoms with Gasteiger partial charge in [0.2, 0.25) is 0 Å². The molecule has 1 saturated heterocycles. The van der Waals surface area contributed by atoms with E-state index in [0.717, 1.165) is 33.7 Å². The lowest BCUT2D eigenvalue weighted by molar-refractivity contribution is -0.113. The van der Waals surface area contributed by atoms with E-state index >= 15 is 0 Å². The van der Waals surface area contributed by atoms with Crippen molar-refractivity contribution in [1.82, 2.24) is 0 Å². The summed E-state index contributed by atoms with van der Waals surface area (Å²) in [5, 5.41) is 1.97. The standard InChI is InChI=1S/C29H22BrNO4S/c1-2-34-25-16-19(17-26-28(32)31(29(33)36-26)22-12-4-3-5-13-22)15-24(30)27(25)35-18-21-11-8-10-20-9-6-7-14-23(20)21/h3-17H,2,18H2,1H3/b26-17-. The highest BCUT2D eigenvalue weighted by Gasteiger charge is 2.36. The molecule has 1 fully saturated rings. The van der Waals surface area contributed by atoms with E-state index in [1.807, 2.05) is 49.4 Å². The summed E-state index contributed by atoms with van der Waals surface area (Å²) in [5.74, 6) is 0.793. The van der Waals surface area contributed by atoms with Crippen LogP contribution in [0.5, 0.6) is 11.5 Å². The van der Waals surface area contributed by atoms with Gasteiger partial charge in [-0.1, -0.05) is 60.7 Å². The van der Waals surface area contributed by atoms with Gasteiger partial charge in [0.25, 0.3) is 11.1 Å². The maximum absolute atomic E-state index is 13.0. The molecule has 1 aliphatic heterocycles. The van der Waals surface area contributed by atoms with Crippen LogP contribution in [0.25, 0.3) is 16.8 Å². The lowest BCUT2D eigenvalue weighted by Gasteiger charge is -2.16. The largest absolute Gasteiger partial charge is 0.490 e. The number of carbonyl (C=O) groups excluding carboxylic acids is 2. The zero-order chi connectivity index (χ0) is 25.1. The molecule has 0 bridgehead atoms. The van der Waals surface area contributed by atoms with Crippen LogP contribution in [-0.2, 0) is 11.4 Å². The number of ether oxygens (including phenoxy) is 2. The molecule has 1 heterocycles. The second kappa shape index (κ2) is 10.6. The fourth-order valence-corrected chi connectivity index (χ4v) is 5.48. The Hall–Kier alpha value is -3.55. The van der Waals surface area contributed by atoms with Gasteiger partial charge in [-0.25, -0.2) is 4.90 Å². The zero-order valence-corrected chi connectivity index (χ0v) is 21.8. The third kappa shape index (κ3) is 4.90. The second-order valence-corrected chi connectivity index (χ2v) is 9.89. The SMILES string of the molecule is CCOc1cc(/C=C2\SC(=O)N(c3ccccc3)C2=O)cc(Br)c1OCc1cccc2ccccc12. The molecule has 0 aliphatic carbocycles. The molecule has 7 heteroatoms. The van der Waals surface area contributed by atoms with Crippen molar-refractivity contribution >= 4 is 61.4 Å². The average molecular weight is 560 g/mol. The molecular formula is C29H22BrNO4S. The van der Waals surface area contributed by atoms with Crippen molar-refractivity contribution in [3.8, 4) is 11.5 Å². The van der Waals surface area contributed by atoms with Crippen molar-refractivity contribution in [2.45, 2.75) is 13.5 Å². The Labute approximate surface area is 221 Å². The molecule has 2 amide bonds. The highest BCUT2D eigenvalue weighted by molar-refractivity contribution is 9.10. The van der Waals surface area contributed by atoms with Gasteiger partial charge in [0.15, 0.2) is 11.5 Å². The van der Waals surface area contributed by atoms with Crippen molar-refractivity contribution < 1.29 is 19.1 Å². The number of amides is 2. The zero-order valence-electron chi connectivity index (χ0n) is 19.4. The van der Waals surface area contributed by atoms with E-state index in [1.54, 1.807) is 30.3 Å². The van der Waals surface area contributed by atoms with Crippen molar-refractivity contribution in [2.75, 3.05) is 11.5 Å². The van der Waals surface area contributed by atoms with Gasteiger partial charge in [-0.05, 0) is 86.9 Å². The number of fused-ring (bicyclic) bond motifs is 1. The molecular weight excluding hydrogens is 538 g/mol. The number of para-hydroxylation sites is 1. The summed E-state index contributed by atoms with van der Waals surface area (Å²) in [6, 6.07) is 26.9. The Kier molecular flexibility index (Phi) is 7.11. The smallest absolute Gasteiger partial charge is 0.298 e. The Morgan fingerprint density at radius 1 is 0.917 bits per heavy atom. The Morgan fingerprint density at radius 3 is 2.47 bits per heavy atom. The molecule has 0 saturated carbocycles. The van der Waals surface area contributed by atoms with E-state index in [2.05, 4.69) is 34.1 Å². The number of benzene rings is 4. The molecule has 1 aliphatic rings. The highest BCUT2D eigenvalue weighted by Crippen LogP contribution is 2.40. The summed E-state index contributed by atoms with van der Waals surface area (Å²) in [6.45, 7) is 2.72. The normalized spacial score (nSPS) is 14.6. The molecule has 4 aromatic carbocycles. The van der Waals surface area contributed by atoms with Crippen molar-refractivity contribution in [2.24, 2.45) is 0 Å². The van der Waals surface area contributed by atoms with Crippen LogP contribution < -0.4 is 14.4 Å². The van der Waals surface area contributed by atoms with Crippen LogP contribution in [0.1, 0.15) is 18.1 Å². The van der Waals surface area contributed by atoms with Gasteiger partial charge in [-0.2, -0.15) is 0 Å². The fraction of sp³-hybridized carbons (Fsp3) is 0.103. The molecule has 4 aromatic rings. The number of hydrogen-bond donors (Lipinski definition) is 0. The number of carbonyl (C=O) groups is 2. The van der Waals surface area contributed by atoms with Crippen LogP contribution in [-0.4, -0.2) is 17.8 Å². The van der Waals surface area contributed by atoms with Crippen LogP contribution in [0.4, 0.5) is 10.5 Å². The molecule has 0 atom stereocenters. The number of halogens is 1. The molecule has 0 spiro atoms. The summed E-state index contributed by atoms with van der Waals surface area (Å²) >= 11 is 4.53. The van der Waals surface area contributed by atoms with Gasteiger partial charge in [-0.15, -0.1) is 0 Å². The average Bonchev–Trinajstić information content (AvgIpc) is 3.16. The van der Waals surface area contributed by atoms with Gasteiger partial charge in [-0.3, -0.25) is 9.59 Å². The van der Waals surface area contributed by atoms with Crippen LogP contribution in [0.2, 0.25) is 0 Å². The first kappa shape index (κ1) is 24.2. The lowest BCUT2D eigenvalue weighted by atomic mass is 10.1. The number of thioether (sulfide) groups is 1. The monoisotopic (exact) mass is 559 g/mol. The van der Waals surface area contributed by atoms with Crippen molar-refractivity contribution in [3.63, 3.8) is 0 Å². The third-order valence-electron chi connectivity index (χ3n) is 5.69. The molecule has 180 valence electrons. The topological polar surface area (TPSA) is 55.8 Å².